The molecule has 17 heavy (non-hydrogen) atoms. The van der Waals surface area contributed by atoms with Crippen molar-refractivity contribution in [3.05, 3.63) is 23.4 Å². The highest BCUT2D eigenvalue weighted by atomic mass is 32.2. The highest BCUT2D eigenvalue weighted by Crippen LogP contribution is 2.28. The zero-order chi connectivity index (χ0) is 12.3. The predicted molar refractivity (Wildman–Crippen MR) is 69.1 cm³/mol. The molecule has 0 radical (unpaired) electrons. The van der Waals surface area contributed by atoms with Crippen LogP contribution in [-0.2, 0) is 0 Å². The van der Waals surface area contributed by atoms with E-state index >= 15 is 0 Å². The van der Waals surface area contributed by atoms with Gasteiger partial charge in [-0.3, -0.25) is 0 Å². The largest absolute Gasteiger partial charge is 0.387 e. The summed E-state index contributed by atoms with van der Waals surface area (Å²) in [5.41, 5.74) is 0.715. The Morgan fingerprint density at radius 1 is 1.65 bits per heavy atom. The number of hydrogen-bond acceptors (Lipinski definition) is 5. The van der Waals surface area contributed by atoms with Crippen molar-refractivity contribution in [3.63, 3.8) is 0 Å². The molecule has 0 saturated carbocycles. The number of aromatic nitrogens is 1. The number of nitrogens with one attached hydrogen (secondary N) is 1. The number of pyridine rings is 1. The number of nitrogens with zero attached hydrogens (tertiary/aromatic N) is 2. The Kier molecular flexibility index (Phi) is 3.55. The average Bonchev–Trinajstić information content (AvgIpc) is 2.74. The van der Waals surface area contributed by atoms with Crippen LogP contribution < -0.4 is 5.32 Å². The van der Waals surface area contributed by atoms with E-state index in [2.05, 4.69) is 16.4 Å². The van der Waals surface area contributed by atoms with Crippen molar-refractivity contribution in [3.8, 4) is 6.07 Å². The summed E-state index contributed by atoms with van der Waals surface area (Å²) in [6.07, 6.45) is 0.790. The molecule has 2 N–H and O–H groups in total. The number of nitriles is 1. The van der Waals surface area contributed by atoms with E-state index in [0.717, 1.165) is 23.6 Å². The molecule has 1 aromatic heterocycles. The van der Waals surface area contributed by atoms with E-state index in [1.807, 2.05) is 13.0 Å². The second kappa shape index (κ2) is 4.94. The fourth-order valence-corrected chi connectivity index (χ4v) is 3.06. The van der Waals surface area contributed by atoms with Crippen LogP contribution in [-0.4, -0.2) is 33.7 Å². The molecule has 0 aromatic carbocycles. The van der Waals surface area contributed by atoms with E-state index in [0.29, 0.717) is 17.9 Å². The Morgan fingerprint density at radius 2 is 2.47 bits per heavy atom. The van der Waals surface area contributed by atoms with Gasteiger partial charge in [-0.15, -0.1) is 0 Å². The molecule has 0 amide bonds. The quantitative estimate of drug-likeness (QED) is 0.850. The molecule has 2 rings (SSSR count). The Hall–Kier alpha value is -1.25. The molecule has 1 fully saturated rings. The summed E-state index contributed by atoms with van der Waals surface area (Å²) in [7, 11) is 0. The van der Waals surface area contributed by atoms with Gasteiger partial charge in [0, 0.05) is 18.0 Å². The van der Waals surface area contributed by atoms with Crippen LogP contribution in [0, 0.1) is 18.3 Å². The van der Waals surface area contributed by atoms with Gasteiger partial charge in [-0.1, -0.05) is 0 Å². The van der Waals surface area contributed by atoms with Gasteiger partial charge in [0.1, 0.15) is 11.9 Å². The smallest absolute Gasteiger partial charge is 0.144 e. The summed E-state index contributed by atoms with van der Waals surface area (Å²) in [4.78, 5) is 4.28. The normalized spacial score (nSPS) is 23.4. The van der Waals surface area contributed by atoms with E-state index in [1.54, 1.807) is 17.8 Å². The van der Waals surface area contributed by atoms with Crippen LogP contribution >= 0.6 is 11.8 Å². The summed E-state index contributed by atoms with van der Waals surface area (Å²) in [6, 6.07) is 5.66. The molecular formula is C12H15N3OS. The first-order valence-electron chi connectivity index (χ1n) is 5.55. The zero-order valence-electron chi connectivity index (χ0n) is 9.73. The van der Waals surface area contributed by atoms with Gasteiger partial charge < -0.3 is 10.4 Å². The van der Waals surface area contributed by atoms with Crippen molar-refractivity contribution in [2.24, 2.45) is 0 Å². The summed E-state index contributed by atoms with van der Waals surface area (Å²) in [5, 5.41) is 22.3. The molecule has 0 spiro atoms. The molecule has 5 heteroatoms. The van der Waals surface area contributed by atoms with Crippen molar-refractivity contribution < 1.29 is 5.11 Å². The van der Waals surface area contributed by atoms with Crippen LogP contribution in [0.25, 0.3) is 0 Å². The second-order valence-electron chi connectivity index (χ2n) is 4.34. The van der Waals surface area contributed by atoms with Gasteiger partial charge in [-0.05, 0) is 31.2 Å². The molecule has 1 unspecified atom stereocenters. The number of anilines is 1. The van der Waals surface area contributed by atoms with E-state index < -0.39 is 5.60 Å². The Bertz CT molecular complexity index is 450. The summed E-state index contributed by atoms with van der Waals surface area (Å²) >= 11 is 1.75. The van der Waals surface area contributed by atoms with Crippen LogP contribution in [0.5, 0.6) is 0 Å². The van der Waals surface area contributed by atoms with Gasteiger partial charge in [-0.25, -0.2) is 4.98 Å². The van der Waals surface area contributed by atoms with Crippen molar-refractivity contribution >= 4 is 17.6 Å². The zero-order valence-corrected chi connectivity index (χ0v) is 10.5. The van der Waals surface area contributed by atoms with E-state index in [1.165, 1.54) is 0 Å². The van der Waals surface area contributed by atoms with Gasteiger partial charge in [0.05, 0.1) is 11.2 Å². The SMILES string of the molecule is Cc1ccc(C#N)c(NCC2(O)CCSC2)n1. The minimum atomic E-state index is -0.664. The van der Waals surface area contributed by atoms with Gasteiger partial charge in [0.15, 0.2) is 0 Å². The molecule has 1 aliphatic rings. The molecule has 2 heterocycles. The third kappa shape index (κ3) is 2.90. The third-order valence-corrected chi connectivity index (χ3v) is 4.06. The topological polar surface area (TPSA) is 68.9 Å². The summed E-state index contributed by atoms with van der Waals surface area (Å²) in [6.45, 7) is 2.33. The number of aliphatic hydroxyl groups is 1. The number of hydrogen-bond donors (Lipinski definition) is 2. The van der Waals surface area contributed by atoms with Gasteiger partial charge in [-0.2, -0.15) is 17.0 Å². The Morgan fingerprint density at radius 3 is 3.12 bits per heavy atom. The molecule has 1 aromatic rings. The monoisotopic (exact) mass is 249 g/mol. The third-order valence-electron chi connectivity index (χ3n) is 2.82. The minimum absolute atomic E-state index is 0.450. The highest BCUT2D eigenvalue weighted by Gasteiger charge is 2.31. The van der Waals surface area contributed by atoms with Gasteiger partial charge in [0.25, 0.3) is 0 Å². The predicted octanol–water partition coefficient (Wildman–Crippen LogP) is 1.54. The van der Waals surface area contributed by atoms with Gasteiger partial charge >= 0.3 is 0 Å². The van der Waals surface area contributed by atoms with E-state index in [9.17, 15) is 5.11 Å². The molecule has 1 saturated heterocycles. The molecule has 0 aliphatic carbocycles. The standard InChI is InChI=1S/C12H15N3OS/c1-9-2-3-10(6-13)11(15-9)14-7-12(16)4-5-17-8-12/h2-3,16H,4-5,7-8H2,1H3,(H,14,15). The minimum Gasteiger partial charge on any atom is -0.387 e. The number of thioether (sulfide) groups is 1. The lowest BCUT2D eigenvalue weighted by Gasteiger charge is -2.22. The van der Waals surface area contributed by atoms with Crippen LogP contribution in [0.3, 0.4) is 0 Å². The van der Waals surface area contributed by atoms with E-state index in [-0.39, 0.29) is 0 Å². The fourth-order valence-electron chi connectivity index (χ4n) is 1.77. The lowest BCUT2D eigenvalue weighted by molar-refractivity contribution is 0.0819. The number of aryl methyl sites for hydroxylation is 1. The highest BCUT2D eigenvalue weighted by molar-refractivity contribution is 7.99. The van der Waals surface area contributed by atoms with Crippen LogP contribution in [0.15, 0.2) is 12.1 Å². The number of rotatable bonds is 3. The van der Waals surface area contributed by atoms with Crippen molar-refractivity contribution in [2.75, 3.05) is 23.4 Å². The average molecular weight is 249 g/mol. The first-order valence-corrected chi connectivity index (χ1v) is 6.70. The molecule has 1 aliphatic heterocycles. The summed E-state index contributed by atoms with van der Waals surface area (Å²) < 4.78 is 0. The maximum absolute atomic E-state index is 10.2. The molecule has 4 nitrogen and oxygen atoms in total. The van der Waals surface area contributed by atoms with Crippen molar-refractivity contribution in [1.29, 1.82) is 5.26 Å². The van der Waals surface area contributed by atoms with E-state index in [4.69, 9.17) is 5.26 Å². The lowest BCUT2D eigenvalue weighted by atomic mass is 10.0. The van der Waals surface area contributed by atoms with Crippen molar-refractivity contribution in [2.45, 2.75) is 18.9 Å². The Labute approximate surface area is 105 Å². The maximum atomic E-state index is 10.2. The van der Waals surface area contributed by atoms with Crippen LogP contribution in [0.4, 0.5) is 5.82 Å². The molecule has 1 atom stereocenters. The van der Waals surface area contributed by atoms with Crippen molar-refractivity contribution in [1.82, 2.24) is 4.98 Å². The molecule has 0 bridgehead atoms. The first kappa shape index (κ1) is 12.2. The first-order chi connectivity index (χ1) is 8.13. The molecular weight excluding hydrogens is 234 g/mol. The maximum Gasteiger partial charge on any atom is 0.144 e. The molecule has 90 valence electrons. The Balaban J connectivity index is 2.08. The van der Waals surface area contributed by atoms with Crippen LogP contribution in [0.1, 0.15) is 17.7 Å². The lowest BCUT2D eigenvalue weighted by Crippen LogP contribution is -2.37. The second-order valence-corrected chi connectivity index (χ2v) is 5.45. The van der Waals surface area contributed by atoms with Gasteiger partial charge in [0.2, 0.25) is 0 Å². The van der Waals surface area contributed by atoms with Crippen LogP contribution in [0.2, 0.25) is 0 Å². The summed E-state index contributed by atoms with van der Waals surface area (Å²) in [5.74, 6) is 2.30. The fraction of sp³-hybridized carbons (Fsp3) is 0.500.